The Kier molecular flexibility index (Phi) is 4.93. The van der Waals surface area contributed by atoms with Crippen LogP contribution in [0.5, 0.6) is 0 Å². The molecule has 1 aromatic heterocycles. The number of nitrogens with zero attached hydrogens (tertiary/aromatic N) is 3. The summed E-state index contributed by atoms with van der Waals surface area (Å²) in [4.78, 5) is 4.09. The smallest absolute Gasteiger partial charge is 0.137 e. The first-order chi connectivity index (χ1) is 11.3. The summed E-state index contributed by atoms with van der Waals surface area (Å²) in [6.07, 6.45) is 4.27. The van der Waals surface area contributed by atoms with Gasteiger partial charge in [0.1, 0.15) is 12.7 Å². The second-order valence-corrected chi connectivity index (χ2v) is 5.83. The van der Waals surface area contributed by atoms with Crippen molar-refractivity contribution < 1.29 is 0 Å². The van der Waals surface area contributed by atoms with Crippen LogP contribution in [-0.4, -0.2) is 14.8 Å². The highest BCUT2D eigenvalue weighted by Crippen LogP contribution is 2.32. The molecule has 0 bridgehead atoms. The van der Waals surface area contributed by atoms with Crippen molar-refractivity contribution in [2.45, 2.75) is 25.4 Å². The summed E-state index contributed by atoms with van der Waals surface area (Å²) in [5, 5.41) is 8.69. The SMILES string of the molecule is CCC(C(Nc1ccccc1)c1ccc(Cl)cc1)n1cncn1. The van der Waals surface area contributed by atoms with Crippen LogP contribution in [0.25, 0.3) is 0 Å². The standard InChI is InChI=1S/C18H19ClN4/c1-2-17(23-13-20-12-21-23)18(14-8-10-15(19)11-9-14)22-16-6-4-3-5-7-16/h3-13,17-18,22H,2H2,1H3. The van der Waals surface area contributed by atoms with E-state index in [0.717, 1.165) is 17.1 Å². The van der Waals surface area contributed by atoms with Gasteiger partial charge >= 0.3 is 0 Å². The number of aromatic nitrogens is 3. The molecule has 118 valence electrons. The van der Waals surface area contributed by atoms with Crippen molar-refractivity contribution in [1.29, 1.82) is 0 Å². The van der Waals surface area contributed by atoms with Crippen LogP contribution in [0.15, 0.2) is 67.3 Å². The van der Waals surface area contributed by atoms with Gasteiger partial charge in [0, 0.05) is 10.7 Å². The topological polar surface area (TPSA) is 42.7 Å². The van der Waals surface area contributed by atoms with Gasteiger partial charge in [0.25, 0.3) is 0 Å². The van der Waals surface area contributed by atoms with E-state index >= 15 is 0 Å². The van der Waals surface area contributed by atoms with E-state index in [1.807, 2.05) is 35.0 Å². The Morgan fingerprint density at radius 3 is 2.43 bits per heavy atom. The van der Waals surface area contributed by atoms with E-state index in [1.165, 1.54) is 5.56 Å². The first kappa shape index (κ1) is 15.6. The minimum atomic E-state index is 0.0707. The Hall–Kier alpha value is -2.33. The van der Waals surface area contributed by atoms with Crippen LogP contribution >= 0.6 is 11.6 Å². The Balaban J connectivity index is 1.96. The molecule has 2 unspecified atom stereocenters. The zero-order valence-electron chi connectivity index (χ0n) is 12.9. The van der Waals surface area contributed by atoms with Crippen molar-refractivity contribution in [1.82, 2.24) is 14.8 Å². The van der Waals surface area contributed by atoms with Crippen LogP contribution in [0, 0.1) is 0 Å². The van der Waals surface area contributed by atoms with E-state index in [-0.39, 0.29) is 12.1 Å². The highest BCUT2D eigenvalue weighted by molar-refractivity contribution is 6.30. The molecule has 5 heteroatoms. The molecule has 2 aromatic carbocycles. The van der Waals surface area contributed by atoms with Crippen LogP contribution < -0.4 is 5.32 Å². The molecule has 1 heterocycles. The van der Waals surface area contributed by atoms with E-state index in [4.69, 9.17) is 11.6 Å². The maximum Gasteiger partial charge on any atom is 0.137 e. The van der Waals surface area contributed by atoms with Gasteiger partial charge in [0.05, 0.1) is 12.1 Å². The molecule has 0 aliphatic heterocycles. The quantitative estimate of drug-likeness (QED) is 0.711. The first-order valence-corrected chi connectivity index (χ1v) is 8.07. The third-order valence-corrected chi connectivity index (χ3v) is 4.16. The van der Waals surface area contributed by atoms with E-state index in [2.05, 4.69) is 46.6 Å². The lowest BCUT2D eigenvalue weighted by Crippen LogP contribution is -2.24. The number of halogens is 1. The molecule has 2 atom stereocenters. The molecule has 0 aliphatic carbocycles. The van der Waals surface area contributed by atoms with Gasteiger partial charge in [-0.15, -0.1) is 0 Å². The Morgan fingerprint density at radius 1 is 1.09 bits per heavy atom. The van der Waals surface area contributed by atoms with Gasteiger partial charge in [0.2, 0.25) is 0 Å². The van der Waals surface area contributed by atoms with Gasteiger partial charge in [-0.1, -0.05) is 48.9 Å². The zero-order chi connectivity index (χ0) is 16.1. The van der Waals surface area contributed by atoms with Gasteiger partial charge in [-0.3, -0.25) is 0 Å². The maximum absolute atomic E-state index is 6.04. The molecule has 1 N–H and O–H groups in total. The largest absolute Gasteiger partial charge is 0.376 e. The number of nitrogens with one attached hydrogen (secondary N) is 1. The predicted octanol–water partition coefficient (Wildman–Crippen LogP) is 4.74. The molecular weight excluding hydrogens is 308 g/mol. The second-order valence-electron chi connectivity index (χ2n) is 5.39. The molecule has 0 radical (unpaired) electrons. The summed E-state index contributed by atoms with van der Waals surface area (Å²) in [6, 6.07) is 18.4. The normalized spacial score (nSPS) is 13.5. The van der Waals surface area contributed by atoms with Crippen molar-refractivity contribution in [3.05, 3.63) is 77.8 Å². The lowest BCUT2D eigenvalue weighted by Gasteiger charge is -2.28. The Labute approximate surface area is 141 Å². The van der Waals surface area contributed by atoms with Crippen molar-refractivity contribution >= 4 is 17.3 Å². The number of rotatable bonds is 6. The minimum Gasteiger partial charge on any atom is -0.376 e. The van der Waals surface area contributed by atoms with Crippen molar-refractivity contribution in [3.8, 4) is 0 Å². The Bertz CT molecular complexity index is 711. The van der Waals surface area contributed by atoms with E-state index in [9.17, 15) is 0 Å². The fraction of sp³-hybridized carbons (Fsp3) is 0.222. The van der Waals surface area contributed by atoms with Gasteiger partial charge in [-0.25, -0.2) is 9.67 Å². The van der Waals surface area contributed by atoms with Crippen molar-refractivity contribution in [2.75, 3.05) is 5.32 Å². The van der Waals surface area contributed by atoms with Gasteiger partial charge in [0.15, 0.2) is 0 Å². The summed E-state index contributed by atoms with van der Waals surface area (Å²) < 4.78 is 1.91. The third kappa shape index (κ3) is 3.71. The van der Waals surface area contributed by atoms with Crippen molar-refractivity contribution in [2.24, 2.45) is 0 Å². The lowest BCUT2D eigenvalue weighted by atomic mass is 9.97. The summed E-state index contributed by atoms with van der Waals surface area (Å²) in [5.41, 5.74) is 2.24. The molecule has 3 aromatic rings. The first-order valence-electron chi connectivity index (χ1n) is 7.69. The molecule has 0 spiro atoms. The molecule has 0 aliphatic rings. The second kappa shape index (κ2) is 7.29. The van der Waals surface area contributed by atoms with Crippen molar-refractivity contribution in [3.63, 3.8) is 0 Å². The zero-order valence-corrected chi connectivity index (χ0v) is 13.7. The summed E-state index contributed by atoms with van der Waals surface area (Å²) in [5.74, 6) is 0. The number of benzene rings is 2. The lowest BCUT2D eigenvalue weighted by molar-refractivity contribution is 0.388. The number of hydrogen-bond donors (Lipinski definition) is 1. The van der Waals surface area contributed by atoms with Gasteiger partial charge < -0.3 is 5.32 Å². The van der Waals surface area contributed by atoms with E-state index < -0.39 is 0 Å². The van der Waals surface area contributed by atoms with Crippen LogP contribution in [-0.2, 0) is 0 Å². The molecule has 3 rings (SSSR count). The highest BCUT2D eigenvalue weighted by Gasteiger charge is 2.24. The molecule has 0 saturated carbocycles. The number of hydrogen-bond acceptors (Lipinski definition) is 3. The molecule has 0 amide bonds. The molecule has 0 fully saturated rings. The fourth-order valence-electron chi connectivity index (χ4n) is 2.75. The molecule has 4 nitrogen and oxygen atoms in total. The van der Waals surface area contributed by atoms with Gasteiger partial charge in [-0.05, 0) is 36.2 Å². The van der Waals surface area contributed by atoms with Gasteiger partial charge in [-0.2, -0.15) is 5.10 Å². The van der Waals surface area contributed by atoms with Crippen LogP contribution in [0.1, 0.15) is 31.0 Å². The minimum absolute atomic E-state index is 0.0707. The predicted molar refractivity (Wildman–Crippen MR) is 93.6 cm³/mol. The number of para-hydroxylation sites is 1. The number of anilines is 1. The molecule has 23 heavy (non-hydrogen) atoms. The highest BCUT2D eigenvalue weighted by atomic mass is 35.5. The molecular formula is C18H19ClN4. The summed E-state index contributed by atoms with van der Waals surface area (Å²) in [7, 11) is 0. The van der Waals surface area contributed by atoms with Crippen LogP contribution in [0.3, 0.4) is 0 Å². The van der Waals surface area contributed by atoms with Crippen LogP contribution in [0.2, 0.25) is 5.02 Å². The average Bonchev–Trinajstić information content (AvgIpc) is 3.11. The van der Waals surface area contributed by atoms with E-state index in [0.29, 0.717) is 0 Å². The average molecular weight is 327 g/mol. The maximum atomic E-state index is 6.04. The van der Waals surface area contributed by atoms with E-state index in [1.54, 1.807) is 12.7 Å². The molecule has 0 saturated heterocycles. The Morgan fingerprint density at radius 2 is 1.83 bits per heavy atom. The monoisotopic (exact) mass is 326 g/mol. The van der Waals surface area contributed by atoms with Crippen LogP contribution in [0.4, 0.5) is 5.69 Å². The summed E-state index contributed by atoms with van der Waals surface area (Å²) in [6.45, 7) is 2.15. The third-order valence-electron chi connectivity index (χ3n) is 3.90. The fourth-order valence-corrected chi connectivity index (χ4v) is 2.88. The summed E-state index contributed by atoms with van der Waals surface area (Å²) >= 11 is 6.04.